The monoisotopic (exact) mass is 148 g/mol. The molecule has 1 N–H and O–H groups in total. The van der Waals surface area contributed by atoms with E-state index in [2.05, 4.69) is 10.2 Å². The van der Waals surface area contributed by atoms with Gasteiger partial charge in [0.1, 0.15) is 0 Å². The number of nitrogens with zero attached hydrogens (tertiary/aromatic N) is 1. The number of nitrogens with one attached hydrogen (secondary N) is 1. The lowest BCUT2D eigenvalue weighted by molar-refractivity contribution is 0.310. The molecular formula is C7H17FN2. The van der Waals surface area contributed by atoms with Gasteiger partial charge in [-0.2, -0.15) is 0 Å². The van der Waals surface area contributed by atoms with Crippen LogP contribution in [0.15, 0.2) is 0 Å². The van der Waals surface area contributed by atoms with E-state index in [1.807, 2.05) is 14.1 Å². The first-order chi connectivity index (χ1) is 4.81. The Kier molecular flexibility index (Phi) is 6.86. The summed E-state index contributed by atoms with van der Waals surface area (Å²) in [6.45, 7) is 2.63. The van der Waals surface area contributed by atoms with Crippen molar-refractivity contribution in [1.29, 1.82) is 0 Å². The summed E-state index contributed by atoms with van der Waals surface area (Å²) in [5.41, 5.74) is 0. The third-order valence-electron chi connectivity index (χ3n) is 1.42. The summed E-state index contributed by atoms with van der Waals surface area (Å²) in [6, 6.07) is 0. The zero-order chi connectivity index (χ0) is 7.82. The van der Waals surface area contributed by atoms with Crippen LogP contribution >= 0.6 is 0 Å². The highest BCUT2D eigenvalue weighted by Crippen LogP contribution is 1.86. The van der Waals surface area contributed by atoms with Gasteiger partial charge in [0.25, 0.3) is 0 Å². The lowest BCUT2D eigenvalue weighted by Crippen LogP contribution is -2.28. The number of likely N-dealkylation sites (N-methyl/N-ethyl adjacent to an activating group) is 2. The minimum absolute atomic E-state index is 0.204. The second-order valence-corrected chi connectivity index (χ2v) is 2.45. The zero-order valence-electron chi connectivity index (χ0n) is 6.86. The Morgan fingerprint density at radius 1 is 1.40 bits per heavy atom. The molecule has 0 aliphatic heterocycles. The van der Waals surface area contributed by atoms with Gasteiger partial charge in [0.05, 0.1) is 6.67 Å². The van der Waals surface area contributed by atoms with Crippen LogP contribution in [-0.4, -0.2) is 45.3 Å². The van der Waals surface area contributed by atoms with Crippen LogP contribution in [0.3, 0.4) is 0 Å². The molecule has 0 bridgehead atoms. The van der Waals surface area contributed by atoms with Crippen LogP contribution in [0.1, 0.15) is 6.42 Å². The largest absolute Gasteiger partial charge is 0.318 e. The molecule has 0 spiro atoms. The van der Waals surface area contributed by atoms with Crippen LogP contribution in [0.25, 0.3) is 0 Å². The molecule has 0 heterocycles. The number of halogens is 1. The standard InChI is InChI=1S/C7H17FN2/c1-9-5-7-10(2)6-3-4-8/h9H,3-7H2,1-2H3. The van der Waals surface area contributed by atoms with E-state index in [4.69, 9.17) is 0 Å². The third kappa shape index (κ3) is 5.98. The molecule has 0 amide bonds. The molecule has 0 atom stereocenters. The quantitative estimate of drug-likeness (QED) is 0.590. The minimum atomic E-state index is -0.204. The molecule has 0 aromatic heterocycles. The van der Waals surface area contributed by atoms with Crippen LogP contribution in [0.2, 0.25) is 0 Å². The second kappa shape index (κ2) is 6.96. The maximum absolute atomic E-state index is 11.6. The van der Waals surface area contributed by atoms with Crippen LogP contribution in [0, 0.1) is 0 Å². The Morgan fingerprint density at radius 2 is 2.10 bits per heavy atom. The van der Waals surface area contributed by atoms with Crippen molar-refractivity contribution in [2.24, 2.45) is 0 Å². The first-order valence-corrected chi connectivity index (χ1v) is 3.70. The fourth-order valence-electron chi connectivity index (χ4n) is 0.744. The van der Waals surface area contributed by atoms with Crippen molar-refractivity contribution in [2.75, 3.05) is 40.4 Å². The van der Waals surface area contributed by atoms with E-state index in [0.717, 1.165) is 19.6 Å². The van der Waals surface area contributed by atoms with E-state index in [1.165, 1.54) is 0 Å². The van der Waals surface area contributed by atoms with Gasteiger partial charge in [-0.05, 0) is 20.5 Å². The summed E-state index contributed by atoms with van der Waals surface area (Å²) in [7, 11) is 3.93. The molecule has 3 heteroatoms. The first-order valence-electron chi connectivity index (χ1n) is 3.70. The van der Waals surface area contributed by atoms with Gasteiger partial charge in [-0.15, -0.1) is 0 Å². The zero-order valence-corrected chi connectivity index (χ0v) is 6.86. The van der Waals surface area contributed by atoms with E-state index < -0.39 is 0 Å². The van der Waals surface area contributed by atoms with Crippen molar-refractivity contribution in [3.05, 3.63) is 0 Å². The molecule has 0 saturated heterocycles. The summed E-state index contributed by atoms with van der Waals surface area (Å²) < 4.78 is 11.6. The molecule has 62 valence electrons. The normalized spacial score (nSPS) is 10.8. The lowest BCUT2D eigenvalue weighted by atomic mass is 10.4. The third-order valence-corrected chi connectivity index (χ3v) is 1.42. The highest BCUT2D eigenvalue weighted by atomic mass is 19.1. The maximum atomic E-state index is 11.6. The fourth-order valence-corrected chi connectivity index (χ4v) is 0.744. The van der Waals surface area contributed by atoms with Crippen LogP contribution < -0.4 is 5.32 Å². The van der Waals surface area contributed by atoms with Gasteiger partial charge in [0.15, 0.2) is 0 Å². The fraction of sp³-hybridized carbons (Fsp3) is 1.00. The van der Waals surface area contributed by atoms with Gasteiger partial charge >= 0.3 is 0 Å². The van der Waals surface area contributed by atoms with Gasteiger partial charge in [-0.1, -0.05) is 0 Å². The molecule has 10 heavy (non-hydrogen) atoms. The molecule has 0 aromatic rings. The number of rotatable bonds is 6. The van der Waals surface area contributed by atoms with Crippen LogP contribution in [0.5, 0.6) is 0 Å². The molecule has 0 aliphatic rings. The first kappa shape index (κ1) is 9.85. The average Bonchev–Trinajstić information content (AvgIpc) is 1.97. The smallest absolute Gasteiger partial charge is 0.0906 e. The van der Waals surface area contributed by atoms with Crippen molar-refractivity contribution in [2.45, 2.75) is 6.42 Å². The molecule has 2 nitrogen and oxygen atoms in total. The van der Waals surface area contributed by atoms with Gasteiger partial charge in [-0.3, -0.25) is 4.39 Å². The number of hydrogen-bond acceptors (Lipinski definition) is 2. The molecule has 0 rings (SSSR count). The highest BCUT2D eigenvalue weighted by molar-refractivity contribution is 4.51. The van der Waals surface area contributed by atoms with Gasteiger partial charge in [0.2, 0.25) is 0 Å². The van der Waals surface area contributed by atoms with Crippen molar-refractivity contribution in [1.82, 2.24) is 10.2 Å². The minimum Gasteiger partial charge on any atom is -0.318 e. The van der Waals surface area contributed by atoms with Crippen molar-refractivity contribution in [3.8, 4) is 0 Å². The average molecular weight is 148 g/mol. The number of hydrogen-bond donors (Lipinski definition) is 1. The Morgan fingerprint density at radius 3 is 2.60 bits per heavy atom. The maximum Gasteiger partial charge on any atom is 0.0906 e. The predicted octanol–water partition coefficient (Wildman–Crippen LogP) is 0.497. The van der Waals surface area contributed by atoms with Gasteiger partial charge < -0.3 is 10.2 Å². The Balaban J connectivity index is 3.00. The summed E-state index contributed by atoms with van der Waals surface area (Å²) >= 11 is 0. The summed E-state index contributed by atoms with van der Waals surface area (Å²) in [4.78, 5) is 2.12. The molecule has 0 fully saturated rings. The molecule has 0 radical (unpaired) electrons. The lowest BCUT2D eigenvalue weighted by Gasteiger charge is -2.14. The Hall–Kier alpha value is -0.150. The molecule has 0 aliphatic carbocycles. The molecule has 0 aromatic carbocycles. The van der Waals surface area contributed by atoms with Crippen molar-refractivity contribution >= 4 is 0 Å². The molecule has 0 unspecified atom stereocenters. The summed E-state index contributed by atoms with van der Waals surface area (Å²) in [6.07, 6.45) is 0.653. The Labute approximate surface area is 62.4 Å². The van der Waals surface area contributed by atoms with E-state index in [1.54, 1.807) is 0 Å². The molecule has 0 saturated carbocycles. The van der Waals surface area contributed by atoms with Gasteiger partial charge in [-0.25, -0.2) is 0 Å². The van der Waals surface area contributed by atoms with E-state index >= 15 is 0 Å². The van der Waals surface area contributed by atoms with Gasteiger partial charge in [0, 0.05) is 19.6 Å². The van der Waals surface area contributed by atoms with E-state index in [9.17, 15) is 4.39 Å². The highest BCUT2D eigenvalue weighted by Gasteiger charge is 1.94. The van der Waals surface area contributed by atoms with Crippen LogP contribution in [0.4, 0.5) is 4.39 Å². The topological polar surface area (TPSA) is 15.3 Å². The number of alkyl halides is 1. The Bertz CT molecular complexity index is 60.6. The van der Waals surface area contributed by atoms with Crippen LogP contribution in [-0.2, 0) is 0 Å². The van der Waals surface area contributed by atoms with E-state index in [-0.39, 0.29) is 6.67 Å². The summed E-state index contributed by atoms with van der Waals surface area (Å²) in [5.74, 6) is 0. The van der Waals surface area contributed by atoms with E-state index in [0.29, 0.717) is 6.42 Å². The SMILES string of the molecule is CNCCN(C)CCCF. The van der Waals surface area contributed by atoms with Crippen molar-refractivity contribution < 1.29 is 4.39 Å². The second-order valence-electron chi connectivity index (χ2n) is 2.45. The molecular weight excluding hydrogens is 131 g/mol. The van der Waals surface area contributed by atoms with Crippen molar-refractivity contribution in [3.63, 3.8) is 0 Å². The summed E-state index contributed by atoms with van der Waals surface area (Å²) in [5, 5.41) is 3.04. The predicted molar refractivity (Wildman–Crippen MR) is 42.0 cm³/mol.